The molecule has 0 fully saturated rings. The minimum Gasteiger partial charge on any atom is -0.296 e. The highest BCUT2D eigenvalue weighted by Crippen LogP contribution is 2.34. The smallest absolute Gasteiger partial charge is 0.166 e. The molecule has 1 heterocycles. The molecule has 0 aliphatic carbocycles. The molecule has 2 aromatic carbocycles. The van der Waals surface area contributed by atoms with E-state index in [1.54, 1.807) is 0 Å². The summed E-state index contributed by atoms with van der Waals surface area (Å²) < 4.78 is 0. The molecule has 0 spiro atoms. The van der Waals surface area contributed by atoms with Crippen LogP contribution in [-0.4, -0.2) is 12.0 Å². The van der Waals surface area contributed by atoms with Crippen LogP contribution in [0, 0.1) is 0 Å². The van der Waals surface area contributed by atoms with Gasteiger partial charge in [-0.3, -0.25) is 9.80 Å². The first-order chi connectivity index (χ1) is 9.38. The van der Waals surface area contributed by atoms with Gasteiger partial charge in [-0.2, -0.15) is 5.10 Å². The molecule has 19 heavy (non-hydrogen) atoms. The second-order valence-electron chi connectivity index (χ2n) is 4.52. The summed E-state index contributed by atoms with van der Waals surface area (Å²) in [4.78, 5) is 11.0. The second-order valence-corrected chi connectivity index (χ2v) is 4.52. The second kappa shape index (κ2) is 5.06. The van der Waals surface area contributed by atoms with Gasteiger partial charge in [-0.1, -0.05) is 48.5 Å². The fraction of sp³-hybridized carbons (Fsp3) is 0.125. The number of para-hydroxylation sites is 1. The quantitative estimate of drug-likeness (QED) is 0.784. The zero-order valence-corrected chi connectivity index (χ0v) is 10.4. The monoisotopic (exact) mass is 250 g/mol. The van der Waals surface area contributed by atoms with E-state index in [0.29, 0.717) is 12.1 Å². The average Bonchev–Trinajstić information content (AvgIpc) is 2.93. The van der Waals surface area contributed by atoms with Gasteiger partial charge in [-0.05, 0) is 17.7 Å². The maximum absolute atomic E-state index is 11.0. The Hall–Kier alpha value is -2.42. The van der Waals surface area contributed by atoms with Gasteiger partial charge in [0.25, 0.3) is 0 Å². The fourth-order valence-electron chi connectivity index (χ4n) is 2.36. The van der Waals surface area contributed by atoms with E-state index < -0.39 is 0 Å². The molecule has 3 heteroatoms. The van der Waals surface area contributed by atoms with Crippen LogP contribution in [0.25, 0.3) is 0 Å². The largest absolute Gasteiger partial charge is 0.296 e. The third-order valence-corrected chi connectivity index (χ3v) is 3.28. The molecule has 0 bridgehead atoms. The Morgan fingerprint density at radius 3 is 2.26 bits per heavy atom. The third-order valence-electron chi connectivity index (χ3n) is 3.28. The summed E-state index contributed by atoms with van der Waals surface area (Å²) in [7, 11) is 0. The van der Waals surface area contributed by atoms with Crippen molar-refractivity contribution in [2.24, 2.45) is 5.10 Å². The summed E-state index contributed by atoms with van der Waals surface area (Å²) in [5.74, 6) is 0. The molecule has 0 aromatic heterocycles. The SMILES string of the molecule is O=CC1=NN(c2ccccc2)[C@H](c2ccccc2)C1. The molecule has 0 saturated heterocycles. The average molecular weight is 250 g/mol. The van der Waals surface area contributed by atoms with E-state index in [-0.39, 0.29) is 6.04 Å². The molecular formula is C16H14N2O. The van der Waals surface area contributed by atoms with E-state index in [1.807, 2.05) is 53.5 Å². The molecule has 0 saturated carbocycles. The third kappa shape index (κ3) is 2.27. The molecule has 1 aliphatic rings. The molecule has 0 amide bonds. The van der Waals surface area contributed by atoms with Crippen molar-refractivity contribution in [2.45, 2.75) is 12.5 Å². The Bertz CT molecular complexity index is 593. The summed E-state index contributed by atoms with van der Waals surface area (Å²) >= 11 is 0. The highest BCUT2D eigenvalue weighted by Gasteiger charge is 2.28. The minimum atomic E-state index is 0.101. The highest BCUT2D eigenvalue weighted by molar-refractivity contribution is 6.29. The molecule has 1 aliphatic heterocycles. The summed E-state index contributed by atoms with van der Waals surface area (Å²) in [6.45, 7) is 0. The van der Waals surface area contributed by atoms with Gasteiger partial charge in [-0.25, -0.2) is 0 Å². The van der Waals surface area contributed by atoms with Crippen LogP contribution in [0.2, 0.25) is 0 Å². The zero-order chi connectivity index (χ0) is 13.1. The molecule has 0 unspecified atom stereocenters. The normalized spacial score (nSPS) is 18.2. The van der Waals surface area contributed by atoms with Gasteiger partial charge in [0.15, 0.2) is 6.29 Å². The molecule has 3 nitrogen and oxygen atoms in total. The topological polar surface area (TPSA) is 32.7 Å². The van der Waals surface area contributed by atoms with Crippen LogP contribution >= 0.6 is 0 Å². The lowest BCUT2D eigenvalue weighted by molar-refractivity contribution is -0.102. The van der Waals surface area contributed by atoms with Crippen molar-refractivity contribution in [1.82, 2.24) is 0 Å². The van der Waals surface area contributed by atoms with E-state index in [9.17, 15) is 4.79 Å². The lowest BCUT2D eigenvalue weighted by atomic mass is 10.0. The molecule has 0 N–H and O–H groups in total. The Kier molecular flexibility index (Phi) is 3.11. The lowest BCUT2D eigenvalue weighted by Gasteiger charge is -2.23. The summed E-state index contributed by atoms with van der Waals surface area (Å²) in [5, 5.41) is 6.35. The Morgan fingerprint density at radius 1 is 1.00 bits per heavy atom. The molecule has 1 atom stereocenters. The molecule has 0 radical (unpaired) electrons. The molecule has 3 rings (SSSR count). The fourth-order valence-corrected chi connectivity index (χ4v) is 2.36. The summed E-state index contributed by atoms with van der Waals surface area (Å²) in [6.07, 6.45) is 1.50. The first-order valence-electron chi connectivity index (χ1n) is 6.30. The van der Waals surface area contributed by atoms with Crippen LogP contribution in [0.15, 0.2) is 65.8 Å². The van der Waals surface area contributed by atoms with Gasteiger partial charge in [-0.15, -0.1) is 0 Å². The van der Waals surface area contributed by atoms with Crippen LogP contribution in [0.1, 0.15) is 18.0 Å². The number of hydrogen-bond acceptors (Lipinski definition) is 3. The number of anilines is 1. The summed E-state index contributed by atoms with van der Waals surface area (Å²) in [5.41, 5.74) is 2.78. The lowest BCUT2D eigenvalue weighted by Crippen LogP contribution is -2.18. The molecule has 94 valence electrons. The number of benzene rings is 2. The van der Waals surface area contributed by atoms with Crippen LogP contribution < -0.4 is 5.01 Å². The van der Waals surface area contributed by atoms with Crippen molar-refractivity contribution in [3.8, 4) is 0 Å². The Morgan fingerprint density at radius 2 is 1.63 bits per heavy atom. The van der Waals surface area contributed by atoms with Gasteiger partial charge in [0.1, 0.15) is 5.71 Å². The van der Waals surface area contributed by atoms with Crippen molar-refractivity contribution in [2.75, 3.05) is 5.01 Å². The first-order valence-corrected chi connectivity index (χ1v) is 6.30. The van der Waals surface area contributed by atoms with E-state index in [2.05, 4.69) is 17.2 Å². The molecule has 2 aromatic rings. The van der Waals surface area contributed by atoms with Gasteiger partial charge in [0.2, 0.25) is 0 Å². The van der Waals surface area contributed by atoms with Crippen molar-refractivity contribution in [3.05, 3.63) is 66.2 Å². The Balaban J connectivity index is 1.99. The van der Waals surface area contributed by atoms with Crippen molar-refractivity contribution >= 4 is 17.7 Å². The Labute approximate surface area is 112 Å². The maximum Gasteiger partial charge on any atom is 0.166 e. The van der Waals surface area contributed by atoms with Gasteiger partial charge < -0.3 is 0 Å². The number of rotatable bonds is 3. The van der Waals surface area contributed by atoms with Crippen LogP contribution in [0.5, 0.6) is 0 Å². The number of aldehydes is 1. The van der Waals surface area contributed by atoms with E-state index in [0.717, 1.165) is 12.0 Å². The van der Waals surface area contributed by atoms with Crippen molar-refractivity contribution in [3.63, 3.8) is 0 Å². The molecular weight excluding hydrogens is 236 g/mol. The van der Waals surface area contributed by atoms with E-state index in [4.69, 9.17) is 0 Å². The van der Waals surface area contributed by atoms with Crippen LogP contribution in [0.4, 0.5) is 5.69 Å². The van der Waals surface area contributed by atoms with E-state index in [1.165, 1.54) is 5.56 Å². The number of hydrazone groups is 1. The number of nitrogens with zero attached hydrogens (tertiary/aromatic N) is 2. The predicted octanol–water partition coefficient (Wildman–Crippen LogP) is 3.19. The standard InChI is InChI=1S/C16H14N2O/c19-12-14-11-16(13-7-3-1-4-8-13)18(17-14)15-9-5-2-6-10-15/h1-10,12,16H,11H2/t16-/m0/s1. The predicted molar refractivity (Wildman–Crippen MR) is 76.2 cm³/mol. The van der Waals surface area contributed by atoms with E-state index >= 15 is 0 Å². The first kappa shape index (κ1) is 11.7. The maximum atomic E-state index is 11.0. The van der Waals surface area contributed by atoms with Gasteiger partial charge in [0.05, 0.1) is 11.7 Å². The number of carbonyl (C=O) groups excluding carboxylic acids is 1. The van der Waals surface area contributed by atoms with Gasteiger partial charge in [0, 0.05) is 6.42 Å². The number of carbonyl (C=O) groups is 1. The van der Waals surface area contributed by atoms with Crippen LogP contribution in [0.3, 0.4) is 0 Å². The van der Waals surface area contributed by atoms with Crippen molar-refractivity contribution in [1.29, 1.82) is 0 Å². The number of hydrogen-bond donors (Lipinski definition) is 0. The highest BCUT2D eigenvalue weighted by atomic mass is 16.1. The zero-order valence-electron chi connectivity index (χ0n) is 10.4. The van der Waals surface area contributed by atoms with Crippen molar-refractivity contribution < 1.29 is 4.79 Å². The minimum absolute atomic E-state index is 0.101. The van der Waals surface area contributed by atoms with Crippen LogP contribution in [-0.2, 0) is 4.79 Å². The van der Waals surface area contributed by atoms with Gasteiger partial charge >= 0.3 is 0 Å². The summed E-state index contributed by atoms with van der Waals surface area (Å²) in [6, 6.07) is 20.2.